The predicted molar refractivity (Wildman–Crippen MR) is 118 cm³/mol. The van der Waals surface area contributed by atoms with Crippen molar-refractivity contribution in [3.8, 4) is 0 Å². The Bertz CT molecular complexity index is 810. The number of amides is 2. The van der Waals surface area contributed by atoms with Crippen molar-refractivity contribution in [2.75, 3.05) is 12.8 Å². The molecule has 8 heteroatoms. The third-order valence-corrected chi connectivity index (χ3v) is 6.16. The molecule has 0 aliphatic rings. The van der Waals surface area contributed by atoms with Gasteiger partial charge in [-0.2, -0.15) is 0 Å². The van der Waals surface area contributed by atoms with Crippen LogP contribution < -0.4 is 5.32 Å². The second-order valence-electron chi connectivity index (χ2n) is 6.13. The van der Waals surface area contributed by atoms with E-state index in [-0.39, 0.29) is 24.1 Å². The van der Waals surface area contributed by atoms with Gasteiger partial charge in [-0.25, -0.2) is 0 Å². The van der Waals surface area contributed by atoms with Gasteiger partial charge in [0.25, 0.3) is 0 Å². The fourth-order valence-corrected chi connectivity index (χ4v) is 4.08. The van der Waals surface area contributed by atoms with Gasteiger partial charge in [-0.1, -0.05) is 53.0 Å². The van der Waals surface area contributed by atoms with E-state index in [0.29, 0.717) is 26.4 Å². The van der Waals surface area contributed by atoms with Crippen LogP contribution in [0.5, 0.6) is 0 Å². The number of benzene rings is 2. The summed E-state index contributed by atoms with van der Waals surface area (Å²) in [5.74, 6) is 0.481. The third kappa shape index (κ3) is 6.31. The number of rotatable bonds is 8. The van der Waals surface area contributed by atoms with Gasteiger partial charge >= 0.3 is 0 Å². The van der Waals surface area contributed by atoms with Crippen molar-refractivity contribution < 1.29 is 9.59 Å². The molecule has 0 saturated carbocycles. The van der Waals surface area contributed by atoms with Crippen LogP contribution in [0.25, 0.3) is 0 Å². The Labute approximate surface area is 184 Å². The molecule has 0 aromatic heterocycles. The first-order valence-electron chi connectivity index (χ1n) is 8.59. The van der Waals surface area contributed by atoms with Crippen LogP contribution in [-0.2, 0) is 21.9 Å². The minimum Gasteiger partial charge on any atom is -0.357 e. The molecule has 150 valence electrons. The zero-order valence-corrected chi connectivity index (χ0v) is 18.6. The van der Waals surface area contributed by atoms with E-state index >= 15 is 0 Å². The number of carbonyl (C=O) groups excluding carboxylic acids is 2. The summed E-state index contributed by atoms with van der Waals surface area (Å²) in [4.78, 5) is 26.5. The first-order valence-corrected chi connectivity index (χ1v) is 10.9. The molecule has 1 atom stereocenters. The Morgan fingerprint density at radius 2 is 1.68 bits per heavy atom. The van der Waals surface area contributed by atoms with Crippen LogP contribution in [0.15, 0.2) is 42.5 Å². The lowest BCUT2D eigenvalue weighted by Gasteiger charge is -2.29. The molecule has 1 N–H and O–H groups in total. The van der Waals surface area contributed by atoms with E-state index in [0.717, 1.165) is 5.56 Å². The van der Waals surface area contributed by atoms with Crippen LogP contribution in [-0.4, -0.2) is 35.6 Å². The summed E-state index contributed by atoms with van der Waals surface area (Å²) in [6.45, 7) is 1.85. The maximum Gasteiger partial charge on any atom is 0.242 e. The van der Waals surface area contributed by atoms with Gasteiger partial charge in [0, 0.05) is 40.0 Å². The average Bonchev–Trinajstić information content (AvgIpc) is 2.68. The van der Waals surface area contributed by atoms with E-state index in [1.54, 1.807) is 32.2 Å². The summed E-state index contributed by atoms with van der Waals surface area (Å²) >= 11 is 19.9. The van der Waals surface area contributed by atoms with Crippen LogP contribution >= 0.6 is 46.6 Å². The predicted octanol–water partition coefficient (Wildman–Crippen LogP) is 5.04. The summed E-state index contributed by atoms with van der Waals surface area (Å²) in [6.07, 6.45) is 0. The van der Waals surface area contributed by atoms with Gasteiger partial charge in [-0.05, 0) is 36.8 Å². The lowest BCUT2D eigenvalue weighted by Crippen LogP contribution is -2.47. The summed E-state index contributed by atoms with van der Waals surface area (Å²) in [5.41, 5.74) is 1.69. The number of thioether (sulfide) groups is 1. The second kappa shape index (κ2) is 11.0. The van der Waals surface area contributed by atoms with Crippen LogP contribution in [0, 0.1) is 0 Å². The zero-order chi connectivity index (χ0) is 20.7. The van der Waals surface area contributed by atoms with Crippen LogP contribution in [0.3, 0.4) is 0 Å². The zero-order valence-electron chi connectivity index (χ0n) is 15.5. The van der Waals surface area contributed by atoms with Gasteiger partial charge < -0.3 is 10.2 Å². The highest BCUT2D eigenvalue weighted by Crippen LogP contribution is 2.27. The summed E-state index contributed by atoms with van der Waals surface area (Å²) in [5, 5.41) is 4.18. The number of hydrogen-bond donors (Lipinski definition) is 1. The SMILES string of the molecule is CNC(=O)[C@@H](C)N(Cc1c(Cl)cccc1Cl)C(=O)CSCc1ccc(Cl)cc1. The third-order valence-electron chi connectivity index (χ3n) is 4.21. The highest BCUT2D eigenvalue weighted by Gasteiger charge is 2.26. The summed E-state index contributed by atoms with van der Waals surface area (Å²) < 4.78 is 0. The molecule has 0 bridgehead atoms. The highest BCUT2D eigenvalue weighted by molar-refractivity contribution is 7.99. The molecule has 0 radical (unpaired) electrons. The molecule has 0 aliphatic carbocycles. The summed E-state index contributed by atoms with van der Waals surface area (Å²) in [7, 11) is 1.54. The van der Waals surface area contributed by atoms with Crippen LogP contribution in [0.2, 0.25) is 15.1 Å². The van der Waals surface area contributed by atoms with Crippen LogP contribution in [0.4, 0.5) is 0 Å². The second-order valence-corrected chi connectivity index (χ2v) is 8.37. The Morgan fingerprint density at radius 3 is 2.25 bits per heavy atom. The molecule has 2 aromatic carbocycles. The molecule has 2 rings (SSSR count). The molecule has 0 saturated heterocycles. The number of nitrogens with one attached hydrogen (secondary N) is 1. The van der Waals surface area contributed by atoms with Crippen molar-refractivity contribution in [1.29, 1.82) is 0 Å². The largest absolute Gasteiger partial charge is 0.357 e. The van der Waals surface area contributed by atoms with Gasteiger partial charge in [0.2, 0.25) is 11.8 Å². The molecule has 28 heavy (non-hydrogen) atoms. The molecule has 2 amide bonds. The molecular weight excluding hydrogens is 439 g/mol. The van der Waals surface area contributed by atoms with Crippen molar-refractivity contribution >= 4 is 58.4 Å². The van der Waals surface area contributed by atoms with Gasteiger partial charge in [0.05, 0.1) is 5.75 Å². The monoisotopic (exact) mass is 458 g/mol. The Kier molecular flexibility index (Phi) is 8.96. The lowest BCUT2D eigenvalue weighted by atomic mass is 10.1. The van der Waals surface area contributed by atoms with Gasteiger partial charge in [-0.3, -0.25) is 9.59 Å². The quantitative estimate of drug-likeness (QED) is 0.601. The van der Waals surface area contributed by atoms with E-state index < -0.39 is 6.04 Å². The van der Waals surface area contributed by atoms with E-state index in [1.165, 1.54) is 16.7 Å². The molecular formula is C20H21Cl3N2O2S. The number of carbonyl (C=O) groups is 2. The lowest BCUT2D eigenvalue weighted by molar-refractivity contribution is -0.138. The first kappa shape index (κ1) is 22.9. The number of halogens is 3. The fraction of sp³-hybridized carbons (Fsp3) is 0.300. The topological polar surface area (TPSA) is 49.4 Å². The molecule has 0 fully saturated rings. The van der Waals surface area contributed by atoms with Crippen molar-refractivity contribution in [2.24, 2.45) is 0 Å². The summed E-state index contributed by atoms with van der Waals surface area (Å²) in [6, 6.07) is 12.0. The van der Waals surface area contributed by atoms with Crippen molar-refractivity contribution in [1.82, 2.24) is 10.2 Å². The number of hydrogen-bond acceptors (Lipinski definition) is 3. The van der Waals surface area contributed by atoms with Crippen molar-refractivity contribution in [3.63, 3.8) is 0 Å². The normalized spacial score (nSPS) is 11.8. The van der Waals surface area contributed by atoms with E-state index in [2.05, 4.69) is 5.32 Å². The van der Waals surface area contributed by atoms with E-state index in [9.17, 15) is 9.59 Å². The molecule has 0 spiro atoms. The first-order chi connectivity index (χ1) is 13.3. The van der Waals surface area contributed by atoms with Gasteiger partial charge in [0.15, 0.2) is 0 Å². The van der Waals surface area contributed by atoms with Crippen molar-refractivity contribution in [3.05, 3.63) is 68.7 Å². The molecule has 2 aromatic rings. The Morgan fingerprint density at radius 1 is 1.07 bits per heavy atom. The molecule has 0 heterocycles. The standard InChI is InChI=1S/C20H21Cl3N2O2S/c1-13(20(27)24-2)25(10-16-17(22)4-3-5-18(16)23)19(26)12-28-11-14-6-8-15(21)9-7-14/h3-9,13H,10-12H2,1-2H3,(H,24,27)/t13-/m1/s1. The molecule has 0 unspecified atom stereocenters. The van der Waals surface area contributed by atoms with Gasteiger partial charge in [-0.15, -0.1) is 11.8 Å². The molecule has 4 nitrogen and oxygen atoms in total. The minimum atomic E-state index is -0.652. The number of likely N-dealkylation sites (N-methyl/N-ethyl adjacent to an activating group) is 1. The van der Waals surface area contributed by atoms with Gasteiger partial charge in [0.1, 0.15) is 6.04 Å². The highest BCUT2D eigenvalue weighted by atomic mass is 35.5. The maximum atomic E-state index is 12.9. The van der Waals surface area contributed by atoms with E-state index in [1.807, 2.05) is 24.3 Å². The maximum absolute atomic E-state index is 12.9. The average molecular weight is 460 g/mol. The van der Waals surface area contributed by atoms with Crippen molar-refractivity contribution in [2.45, 2.75) is 25.3 Å². The Hall–Kier alpha value is -1.40. The Balaban J connectivity index is 2.10. The van der Waals surface area contributed by atoms with Crippen LogP contribution in [0.1, 0.15) is 18.1 Å². The smallest absolute Gasteiger partial charge is 0.242 e. The molecule has 0 aliphatic heterocycles. The van der Waals surface area contributed by atoms with E-state index in [4.69, 9.17) is 34.8 Å². The fourth-order valence-electron chi connectivity index (χ4n) is 2.56. The minimum absolute atomic E-state index is 0.160. The number of nitrogens with zero attached hydrogens (tertiary/aromatic N) is 1.